The van der Waals surface area contributed by atoms with Gasteiger partial charge in [0.1, 0.15) is 6.04 Å². The lowest BCUT2D eigenvalue weighted by Gasteiger charge is -2.37. The fraction of sp³-hybridized carbons (Fsp3) is 0.333. The van der Waals surface area contributed by atoms with Gasteiger partial charge in [0.05, 0.1) is 23.3 Å². The maximum Gasteiger partial charge on any atom is 0.336 e. The van der Waals surface area contributed by atoms with Gasteiger partial charge in [-0.2, -0.15) is 0 Å². The summed E-state index contributed by atoms with van der Waals surface area (Å²) in [6.07, 6.45) is 3.90. The summed E-state index contributed by atoms with van der Waals surface area (Å²) in [6, 6.07) is 3.02. The summed E-state index contributed by atoms with van der Waals surface area (Å²) < 4.78 is 15.3. The van der Waals surface area contributed by atoms with Crippen LogP contribution in [0.15, 0.2) is 35.2 Å². The molecule has 2 rings (SSSR count). The van der Waals surface area contributed by atoms with E-state index in [0.29, 0.717) is 6.29 Å². The van der Waals surface area contributed by atoms with Crippen molar-refractivity contribution in [3.05, 3.63) is 40.1 Å². The monoisotopic (exact) mass is 323 g/mol. The van der Waals surface area contributed by atoms with E-state index in [2.05, 4.69) is 5.32 Å². The van der Waals surface area contributed by atoms with Crippen LogP contribution >= 0.6 is 11.3 Å². The van der Waals surface area contributed by atoms with Crippen LogP contribution in [0.5, 0.6) is 0 Å². The second kappa shape index (κ2) is 6.87. The summed E-state index contributed by atoms with van der Waals surface area (Å²) >= 11 is 1.53. The van der Waals surface area contributed by atoms with Crippen LogP contribution in [0.2, 0.25) is 0 Å². The number of aldehydes is 1. The van der Waals surface area contributed by atoms with Gasteiger partial charge in [0.2, 0.25) is 0 Å². The summed E-state index contributed by atoms with van der Waals surface area (Å²) in [6.45, 7) is 0. The van der Waals surface area contributed by atoms with Crippen LogP contribution in [0.25, 0.3) is 5.70 Å². The Kier molecular flexibility index (Phi) is 5.12. The minimum absolute atomic E-state index is 0.249. The third-order valence-electron chi connectivity index (χ3n) is 3.45. The zero-order valence-electron chi connectivity index (χ0n) is 12.5. The third kappa shape index (κ3) is 2.83. The average Bonchev–Trinajstić information content (AvgIpc) is 3.11. The molecule has 0 aliphatic carbocycles. The molecular formula is C15H17NO5S. The number of carbonyl (C=O) groups excluding carboxylic acids is 2. The lowest BCUT2D eigenvalue weighted by molar-refractivity contribution is -0.203. The van der Waals surface area contributed by atoms with Crippen LogP contribution in [-0.2, 0) is 23.8 Å². The van der Waals surface area contributed by atoms with Gasteiger partial charge < -0.3 is 19.5 Å². The fourth-order valence-corrected chi connectivity index (χ4v) is 2.95. The number of thiophene rings is 1. The Balaban J connectivity index is 2.46. The van der Waals surface area contributed by atoms with Crippen molar-refractivity contribution in [1.29, 1.82) is 0 Å². The lowest BCUT2D eigenvalue weighted by atomic mass is 9.94. The minimum atomic E-state index is -1.63. The van der Waals surface area contributed by atoms with Crippen LogP contribution in [0.4, 0.5) is 0 Å². The molecule has 0 radical (unpaired) electrons. The maximum atomic E-state index is 12.0. The standard InChI is InChI=1S/C15H17NO5S/c1-19-14(18)10-6-7-11(12-5-4-8-22-12)16-13(10)15(9-17,20-2)21-3/h4-9,13,16H,1-3H3. The Morgan fingerprint density at radius 1 is 1.32 bits per heavy atom. The Morgan fingerprint density at radius 3 is 2.55 bits per heavy atom. The Morgan fingerprint density at radius 2 is 2.05 bits per heavy atom. The van der Waals surface area contributed by atoms with Crippen LogP contribution in [0.1, 0.15) is 4.88 Å². The molecule has 118 valence electrons. The number of methoxy groups -OCH3 is 3. The molecule has 1 atom stereocenters. The van der Waals surface area contributed by atoms with Gasteiger partial charge in [-0.05, 0) is 23.6 Å². The van der Waals surface area contributed by atoms with Crippen LogP contribution in [-0.4, -0.2) is 45.4 Å². The smallest absolute Gasteiger partial charge is 0.336 e. The highest BCUT2D eigenvalue weighted by atomic mass is 32.1. The largest absolute Gasteiger partial charge is 0.466 e. The first-order valence-electron chi connectivity index (χ1n) is 6.49. The summed E-state index contributed by atoms with van der Waals surface area (Å²) in [5.74, 6) is -2.18. The van der Waals surface area contributed by atoms with E-state index in [4.69, 9.17) is 14.2 Å². The molecule has 6 nitrogen and oxygen atoms in total. The van der Waals surface area contributed by atoms with E-state index in [1.807, 2.05) is 17.5 Å². The topological polar surface area (TPSA) is 73.9 Å². The molecule has 0 amide bonds. The molecule has 2 heterocycles. The molecule has 1 unspecified atom stereocenters. The predicted molar refractivity (Wildman–Crippen MR) is 82.1 cm³/mol. The average molecular weight is 323 g/mol. The number of allylic oxidation sites excluding steroid dienone is 2. The highest BCUT2D eigenvalue weighted by Crippen LogP contribution is 2.29. The molecule has 1 aliphatic rings. The molecule has 1 N–H and O–H groups in total. The summed E-state index contributed by atoms with van der Waals surface area (Å²) in [5.41, 5.74) is 1.02. The van der Waals surface area contributed by atoms with Crippen LogP contribution < -0.4 is 5.32 Å². The van der Waals surface area contributed by atoms with Crippen molar-refractivity contribution < 1.29 is 23.8 Å². The van der Waals surface area contributed by atoms with Crippen molar-refractivity contribution in [3.8, 4) is 0 Å². The summed E-state index contributed by atoms with van der Waals surface area (Å²) in [4.78, 5) is 24.5. The van der Waals surface area contributed by atoms with E-state index in [9.17, 15) is 9.59 Å². The molecule has 0 spiro atoms. The number of hydrogen-bond acceptors (Lipinski definition) is 7. The molecular weight excluding hydrogens is 306 g/mol. The van der Waals surface area contributed by atoms with Gasteiger partial charge in [0, 0.05) is 14.2 Å². The second-order valence-electron chi connectivity index (χ2n) is 4.50. The number of dihydropyridines is 1. The van der Waals surface area contributed by atoms with Crippen molar-refractivity contribution in [1.82, 2.24) is 5.32 Å². The zero-order chi connectivity index (χ0) is 16.2. The SMILES string of the molecule is COC(=O)C1=CC=C(c2cccs2)NC1C(C=O)(OC)OC. The van der Waals surface area contributed by atoms with Crippen molar-refractivity contribution in [3.63, 3.8) is 0 Å². The third-order valence-corrected chi connectivity index (χ3v) is 4.36. The van der Waals surface area contributed by atoms with E-state index >= 15 is 0 Å². The van der Waals surface area contributed by atoms with Gasteiger partial charge in [-0.3, -0.25) is 4.79 Å². The molecule has 1 aliphatic heterocycles. The quantitative estimate of drug-likeness (QED) is 0.484. The van der Waals surface area contributed by atoms with Crippen molar-refractivity contribution in [2.75, 3.05) is 21.3 Å². The van der Waals surface area contributed by atoms with Gasteiger partial charge >= 0.3 is 5.97 Å². The van der Waals surface area contributed by atoms with E-state index in [0.717, 1.165) is 10.6 Å². The van der Waals surface area contributed by atoms with Gasteiger partial charge in [-0.15, -0.1) is 11.3 Å². The van der Waals surface area contributed by atoms with Crippen LogP contribution in [0, 0.1) is 0 Å². The lowest BCUT2D eigenvalue weighted by Crippen LogP contribution is -2.57. The van der Waals surface area contributed by atoms with E-state index < -0.39 is 17.8 Å². The normalized spacial score (nSPS) is 18.0. The molecule has 1 aromatic heterocycles. The predicted octanol–water partition coefficient (Wildman–Crippen LogP) is 1.35. The van der Waals surface area contributed by atoms with Crippen LogP contribution in [0.3, 0.4) is 0 Å². The minimum Gasteiger partial charge on any atom is -0.466 e. The van der Waals surface area contributed by atoms with Gasteiger partial charge in [-0.1, -0.05) is 6.07 Å². The molecule has 0 fully saturated rings. The first-order chi connectivity index (χ1) is 10.6. The number of rotatable bonds is 6. The fourth-order valence-electron chi connectivity index (χ4n) is 2.24. The molecule has 0 aromatic carbocycles. The molecule has 0 saturated heterocycles. The number of nitrogens with one attached hydrogen (secondary N) is 1. The van der Waals surface area contributed by atoms with Crippen molar-refractivity contribution in [2.24, 2.45) is 0 Å². The van der Waals surface area contributed by atoms with E-state index in [1.165, 1.54) is 32.7 Å². The zero-order valence-corrected chi connectivity index (χ0v) is 13.3. The number of carbonyl (C=O) groups is 2. The molecule has 1 aromatic rings. The molecule has 7 heteroatoms. The van der Waals surface area contributed by atoms with Gasteiger partial charge in [0.25, 0.3) is 5.79 Å². The van der Waals surface area contributed by atoms with E-state index in [-0.39, 0.29) is 5.57 Å². The maximum absolute atomic E-state index is 12.0. The van der Waals surface area contributed by atoms with Crippen molar-refractivity contribution in [2.45, 2.75) is 11.8 Å². The second-order valence-corrected chi connectivity index (χ2v) is 5.44. The molecule has 0 saturated carbocycles. The Labute approximate surface area is 132 Å². The molecule has 0 bridgehead atoms. The summed E-state index contributed by atoms with van der Waals surface area (Å²) in [5, 5.41) is 5.07. The van der Waals surface area contributed by atoms with Crippen molar-refractivity contribution >= 4 is 29.3 Å². The number of esters is 1. The first-order valence-corrected chi connectivity index (χ1v) is 7.37. The van der Waals surface area contributed by atoms with Gasteiger partial charge in [0.15, 0.2) is 6.29 Å². The Bertz CT molecular complexity index is 601. The summed E-state index contributed by atoms with van der Waals surface area (Å²) in [7, 11) is 3.97. The Hall–Kier alpha value is -1.96. The van der Waals surface area contributed by atoms with E-state index in [1.54, 1.807) is 12.2 Å². The highest BCUT2D eigenvalue weighted by molar-refractivity contribution is 7.11. The first kappa shape index (κ1) is 16.4. The van der Waals surface area contributed by atoms with Gasteiger partial charge in [-0.25, -0.2) is 4.79 Å². The number of hydrogen-bond donors (Lipinski definition) is 1. The number of ether oxygens (including phenoxy) is 3. The molecule has 22 heavy (non-hydrogen) atoms. The highest BCUT2D eigenvalue weighted by Gasteiger charge is 2.45.